The van der Waals surface area contributed by atoms with Crippen molar-refractivity contribution in [2.75, 3.05) is 6.61 Å². The quantitative estimate of drug-likeness (QED) is 0.693. The molecule has 1 unspecified atom stereocenters. The number of nitrogens with zero attached hydrogens (tertiary/aromatic N) is 1. The number of ether oxygens (including phenoxy) is 1. The van der Waals surface area contributed by atoms with Crippen molar-refractivity contribution in [2.24, 2.45) is 17.0 Å². The molecule has 0 aromatic heterocycles. The van der Waals surface area contributed by atoms with Gasteiger partial charge in [0.2, 0.25) is 5.60 Å². The van der Waals surface area contributed by atoms with Crippen LogP contribution in [0.3, 0.4) is 0 Å². The van der Waals surface area contributed by atoms with E-state index >= 15 is 0 Å². The Labute approximate surface area is 102 Å². The van der Waals surface area contributed by atoms with E-state index in [4.69, 9.17) is 9.57 Å². The van der Waals surface area contributed by atoms with Crippen molar-refractivity contribution >= 4 is 11.7 Å². The van der Waals surface area contributed by atoms with E-state index in [1.165, 1.54) is 12.8 Å². The Morgan fingerprint density at radius 3 is 2.76 bits per heavy atom. The first-order valence-corrected chi connectivity index (χ1v) is 6.49. The van der Waals surface area contributed by atoms with E-state index < -0.39 is 5.60 Å². The number of carbonyl (C=O) groups is 1. The van der Waals surface area contributed by atoms with Crippen LogP contribution in [0, 0.1) is 11.8 Å². The molecule has 1 saturated carbocycles. The SMILES string of the molecule is CCOC(=O)C1(CC2CC2)CC(C(C)C)=NO1. The molecule has 0 aromatic carbocycles. The van der Waals surface area contributed by atoms with E-state index in [2.05, 4.69) is 19.0 Å². The van der Waals surface area contributed by atoms with Crippen molar-refractivity contribution in [1.82, 2.24) is 0 Å². The molecule has 0 radical (unpaired) electrons. The highest BCUT2D eigenvalue weighted by Crippen LogP contribution is 2.42. The molecule has 0 saturated heterocycles. The predicted molar refractivity (Wildman–Crippen MR) is 64.7 cm³/mol. The molecule has 0 bridgehead atoms. The number of esters is 1. The van der Waals surface area contributed by atoms with Crippen LogP contribution in [-0.4, -0.2) is 23.9 Å². The molecular formula is C13H21NO3. The average molecular weight is 239 g/mol. The first-order chi connectivity index (χ1) is 8.07. The molecule has 0 aromatic rings. The van der Waals surface area contributed by atoms with E-state index in [-0.39, 0.29) is 5.97 Å². The minimum absolute atomic E-state index is 0.244. The maximum atomic E-state index is 12.1. The van der Waals surface area contributed by atoms with Crippen LogP contribution in [0.1, 0.15) is 46.5 Å². The molecule has 0 N–H and O–H groups in total. The van der Waals surface area contributed by atoms with Gasteiger partial charge in [-0.3, -0.25) is 0 Å². The van der Waals surface area contributed by atoms with Crippen LogP contribution < -0.4 is 0 Å². The summed E-state index contributed by atoms with van der Waals surface area (Å²) in [6.45, 7) is 6.36. The largest absolute Gasteiger partial charge is 0.463 e. The fourth-order valence-electron chi connectivity index (χ4n) is 2.17. The Morgan fingerprint density at radius 2 is 2.29 bits per heavy atom. The Morgan fingerprint density at radius 1 is 1.59 bits per heavy atom. The second kappa shape index (κ2) is 4.67. The lowest BCUT2D eigenvalue weighted by Gasteiger charge is -2.24. The van der Waals surface area contributed by atoms with Crippen molar-refractivity contribution in [3.05, 3.63) is 0 Å². The van der Waals surface area contributed by atoms with Gasteiger partial charge in [0.15, 0.2) is 0 Å². The molecule has 2 aliphatic rings. The van der Waals surface area contributed by atoms with Crippen LogP contribution in [0.25, 0.3) is 0 Å². The maximum Gasteiger partial charge on any atom is 0.353 e. The van der Waals surface area contributed by atoms with Gasteiger partial charge in [-0.2, -0.15) is 0 Å². The van der Waals surface area contributed by atoms with Gasteiger partial charge in [-0.25, -0.2) is 4.79 Å². The zero-order chi connectivity index (χ0) is 12.5. The lowest BCUT2D eigenvalue weighted by Crippen LogP contribution is -2.41. The predicted octanol–water partition coefficient (Wildman–Crippen LogP) is 2.52. The number of oxime groups is 1. The van der Waals surface area contributed by atoms with Crippen molar-refractivity contribution in [1.29, 1.82) is 0 Å². The molecule has 1 atom stereocenters. The Kier molecular flexibility index (Phi) is 3.40. The summed E-state index contributed by atoms with van der Waals surface area (Å²) in [6, 6.07) is 0. The molecule has 1 aliphatic carbocycles. The third-order valence-corrected chi connectivity index (χ3v) is 3.43. The van der Waals surface area contributed by atoms with Gasteiger partial charge in [-0.05, 0) is 18.8 Å². The van der Waals surface area contributed by atoms with Gasteiger partial charge in [0.05, 0.1) is 12.3 Å². The minimum atomic E-state index is -0.823. The van der Waals surface area contributed by atoms with Gasteiger partial charge < -0.3 is 9.57 Å². The van der Waals surface area contributed by atoms with E-state index in [0.717, 1.165) is 12.1 Å². The fraction of sp³-hybridized carbons (Fsp3) is 0.846. The second-order valence-corrected chi connectivity index (χ2v) is 5.37. The van der Waals surface area contributed by atoms with Crippen LogP contribution >= 0.6 is 0 Å². The van der Waals surface area contributed by atoms with Crippen molar-refractivity contribution in [3.8, 4) is 0 Å². The van der Waals surface area contributed by atoms with Crippen LogP contribution in [0.5, 0.6) is 0 Å². The molecule has 2 rings (SSSR count). The van der Waals surface area contributed by atoms with Crippen LogP contribution in [0.4, 0.5) is 0 Å². The van der Waals surface area contributed by atoms with Gasteiger partial charge in [-0.15, -0.1) is 0 Å². The third kappa shape index (κ3) is 2.61. The Balaban J connectivity index is 2.07. The van der Waals surface area contributed by atoms with Crippen LogP contribution in [0.15, 0.2) is 5.16 Å². The number of hydrogen-bond acceptors (Lipinski definition) is 4. The minimum Gasteiger partial charge on any atom is -0.463 e. The molecule has 1 heterocycles. The van der Waals surface area contributed by atoms with Gasteiger partial charge in [0, 0.05) is 12.8 Å². The highest BCUT2D eigenvalue weighted by atomic mass is 16.7. The van der Waals surface area contributed by atoms with E-state index in [1.54, 1.807) is 0 Å². The van der Waals surface area contributed by atoms with Crippen LogP contribution in [0.2, 0.25) is 0 Å². The first kappa shape index (κ1) is 12.4. The molecule has 0 spiro atoms. The standard InChI is InChI=1S/C13H21NO3/c1-4-16-12(15)13(7-10-5-6-10)8-11(9(2)3)14-17-13/h9-10H,4-8H2,1-3H3. The average Bonchev–Trinajstić information content (AvgIpc) is 2.95. The summed E-state index contributed by atoms with van der Waals surface area (Å²) in [5.74, 6) is 0.693. The first-order valence-electron chi connectivity index (χ1n) is 6.49. The summed E-state index contributed by atoms with van der Waals surface area (Å²) in [5.41, 5.74) is 0.148. The molecule has 4 nitrogen and oxygen atoms in total. The lowest BCUT2D eigenvalue weighted by atomic mass is 9.88. The summed E-state index contributed by atoms with van der Waals surface area (Å²) in [5, 5.41) is 4.09. The smallest absolute Gasteiger partial charge is 0.353 e. The van der Waals surface area contributed by atoms with Crippen molar-refractivity contribution in [2.45, 2.75) is 52.1 Å². The van der Waals surface area contributed by atoms with Crippen molar-refractivity contribution in [3.63, 3.8) is 0 Å². The van der Waals surface area contributed by atoms with Gasteiger partial charge >= 0.3 is 5.97 Å². The van der Waals surface area contributed by atoms with E-state index in [9.17, 15) is 4.79 Å². The maximum absolute atomic E-state index is 12.1. The van der Waals surface area contributed by atoms with E-state index in [0.29, 0.717) is 24.9 Å². The number of carbonyl (C=O) groups excluding carboxylic acids is 1. The summed E-state index contributed by atoms with van der Waals surface area (Å²) < 4.78 is 5.15. The zero-order valence-electron chi connectivity index (χ0n) is 10.9. The van der Waals surface area contributed by atoms with Crippen molar-refractivity contribution < 1.29 is 14.4 Å². The van der Waals surface area contributed by atoms with Gasteiger partial charge in [0.25, 0.3) is 0 Å². The lowest BCUT2D eigenvalue weighted by molar-refractivity contribution is -0.170. The van der Waals surface area contributed by atoms with Crippen LogP contribution in [-0.2, 0) is 14.4 Å². The fourth-order valence-corrected chi connectivity index (χ4v) is 2.17. The zero-order valence-corrected chi connectivity index (χ0v) is 10.9. The molecule has 0 amide bonds. The topological polar surface area (TPSA) is 47.9 Å². The van der Waals surface area contributed by atoms with Gasteiger partial charge in [0.1, 0.15) is 0 Å². The Bertz CT molecular complexity index is 334. The molecule has 17 heavy (non-hydrogen) atoms. The summed E-state index contributed by atoms with van der Waals surface area (Å²) in [6.07, 6.45) is 3.74. The monoisotopic (exact) mass is 239 g/mol. The highest BCUT2D eigenvalue weighted by Gasteiger charge is 2.51. The summed E-state index contributed by atoms with van der Waals surface area (Å²) in [7, 11) is 0. The molecule has 96 valence electrons. The molecule has 4 heteroatoms. The highest BCUT2D eigenvalue weighted by molar-refractivity contribution is 5.94. The third-order valence-electron chi connectivity index (χ3n) is 3.43. The molecular weight excluding hydrogens is 218 g/mol. The van der Waals surface area contributed by atoms with E-state index in [1.807, 2.05) is 6.92 Å². The number of rotatable bonds is 5. The number of hydrogen-bond donors (Lipinski definition) is 0. The van der Waals surface area contributed by atoms with Gasteiger partial charge in [-0.1, -0.05) is 31.8 Å². The Hall–Kier alpha value is -1.06. The normalized spacial score (nSPS) is 27.9. The molecule has 1 fully saturated rings. The molecule has 1 aliphatic heterocycles. The second-order valence-electron chi connectivity index (χ2n) is 5.37. The summed E-state index contributed by atoms with van der Waals surface area (Å²) in [4.78, 5) is 17.6. The summed E-state index contributed by atoms with van der Waals surface area (Å²) >= 11 is 0.